The molecule has 3 nitrogen and oxygen atoms in total. The maximum Gasteiger partial charge on any atom is 0.0619 e. The van der Waals surface area contributed by atoms with E-state index in [0.29, 0.717) is 12.1 Å². The average molecular weight is 242 g/mol. The van der Waals surface area contributed by atoms with Gasteiger partial charge in [0.1, 0.15) is 0 Å². The lowest BCUT2D eigenvalue weighted by molar-refractivity contribution is 0.000181. The smallest absolute Gasteiger partial charge is 0.0619 e. The highest BCUT2D eigenvalue weighted by Crippen LogP contribution is 2.07. The van der Waals surface area contributed by atoms with Gasteiger partial charge in [0, 0.05) is 31.7 Å². The number of hydrogen-bond donors (Lipinski definition) is 1. The van der Waals surface area contributed by atoms with Gasteiger partial charge in [0.25, 0.3) is 0 Å². The van der Waals surface area contributed by atoms with E-state index in [1.165, 1.54) is 12.8 Å². The van der Waals surface area contributed by atoms with Crippen LogP contribution in [-0.2, 0) is 4.74 Å². The fourth-order valence-electron chi connectivity index (χ4n) is 2.23. The lowest BCUT2D eigenvalue weighted by atomic mass is 10.0. The molecule has 3 heteroatoms. The van der Waals surface area contributed by atoms with E-state index >= 15 is 0 Å². The highest BCUT2D eigenvalue weighted by Gasteiger charge is 2.17. The minimum atomic E-state index is 0.580. The molecule has 2 unspecified atom stereocenters. The Morgan fingerprint density at radius 3 is 2.71 bits per heavy atom. The Hall–Kier alpha value is -0.120. The van der Waals surface area contributed by atoms with Crippen LogP contribution in [0.2, 0.25) is 0 Å². The zero-order valence-electron chi connectivity index (χ0n) is 12.0. The molecule has 0 saturated carbocycles. The maximum absolute atomic E-state index is 5.44. The maximum atomic E-state index is 5.44. The van der Waals surface area contributed by atoms with Crippen LogP contribution in [0.1, 0.15) is 40.5 Å². The minimum absolute atomic E-state index is 0.580. The summed E-state index contributed by atoms with van der Waals surface area (Å²) in [7, 11) is 0. The summed E-state index contributed by atoms with van der Waals surface area (Å²) in [5, 5.41) is 3.62. The van der Waals surface area contributed by atoms with E-state index in [1.54, 1.807) is 0 Å². The van der Waals surface area contributed by atoms with E-state index in [1.807, 2.05) is 0 Å². The molecular weight excluding hydrogens is 212 g/mol. The molecule has 0 radical (unpaired) electrons. The van der Waals surface area contributed by atoms with Crippen molar-refractivity contribution in [1.29, 1.82) is 0 Å². The van der Waals surface area contributed by atoms with Gasteiger partial charge in [-0.3, -0.25) is 4.90 Å². The third-order valence-electron chi connectivity index (χ3n) is 3.57. The Kier molecular flexibility index (Phi) is 7.09. The molecule has 1 N–H and O–H groups in total. The normalized spacial score (nSPS) is 24.2. The Balaban J connectivity index is 2.05. The first-order chi connectivity index (χ1) is 8.09. The molecule has 1 saturated heterocycles. The van der Waals surface area contributed by atoms with Crippen molar-refractivity contribution in [3.63, 3.8) is 0 Å². The number of rotatable bonds is 7. The SMILES string of the molecule is CC(C)CCC(C)NCCN1CCOCC1C. The number of nitrogens with zero attached hydrogens (tertiary/aromatic N) is 1. The molecule has 1 fully saturated rings. The highest BCUT2D eigenvalue weighted by atomic mass is 16.5. The molecule has 0 amide bonds. The van der Waals surface area contributed by atoms with Gasteiger partial charge in [0.2, 0.25) is 0 Å². The summed E-state index contributed by atoms with van der Waals surface area (Å²) in [6.07, 6.45) is 2.61. The molecule has 1 heterocycles. The Labute approximate surface area is 107 Å². The summed E-state index contributed by atoms with van der Waals surface area (Å²) in [5.74, 6) is 0.818. The Bertz CT molecular complexity index is 197. The fourth-order valence-corrected chi connectivity index (χ4v) is 2.23. The molecule has 0 aromatic carbocycles. The van der Waals surface area contributed by atoms with Crippen LogP contribution < -0.4 is 5.32 Å². The monoisotopic (exact) mass is 242 g/mol. The van der Waals surface area contributed by atoms with E-state index in [-0.39, 0.29) is 0 Å². The molecule has 0 aromatic heterocycles. The van der Waals surface area contributed by atoms with Gasteiger partial charge < -0.3 is 10.1 Å². The first kappa shape index (κ1) is 14.9. The molecule has 0 aliphatic carbocycles. The van der Waals surface area contributed by atoms with Gasteiger partial charge in [-0.05, 0) is 32.6 Å². The van der Waals surface area contributed by atoms with Gasteiger partial charge in [-0.25, -0.2) is 0 Å². The lowest BCUT2D eigenvalue weighted by Gasteiger charge is -2.33. The number of nitrogens with one attached hydrogen (secondary N) is 1. The molecule has 1 aliphatic heterocycles. The highest BCUT2D eigenvalue weighted by molar-refractivity contribution is 4.72. The second-order valence-electron chi connectivity index (χ2n) is 5.79. The number of morpholine rings is 1. The fraction of sp³-hybridized carbons (Fsp3) is 1.00. The van der Waals surface area contributed by atoms with Crippen LogP contribution in [0, 0.1) is 5.92 Å². The van der Waals surface area contributed by atoms with E-state index in [4.69, 9.17) is 4.74 Å². The summed E-state index contributed by atoms with van der Waals surface area (Å²) in [5.41, 5.74) is 0. The first-order valence-electron chi connectivity index (χ1n) is 7.14. The van der Waals surface area contributed by atoms with Crippen LogP contribution in [0.3, 0.4) is 0 Å². The van der Waals surface area contributed by atoms with E-state index in [9.17, 15) is 0 Å². The second-order valence-corrected chi connectivity index (χ2v) is 5.79. The van der Waals surface area contributed by atoms with Crippen LogP contribution in [0.25, 0.3) is 0 Å². The number of ether oxygens (including phenoxy) is 1. The molecular formula is C14H30N2O. The quantitative estimate of drug-likeness (QED) is 0.740. The lowest BCUT2D eigenvalue weighted by Crippen LogP contribution is -2.47. The molecule has 1 rings (SSSR count). The summed E-state index contributed by atoms with van der Waals surface area (Å²) in [6.45, 7) is 14.3. The third kappa shape index (κ3) is 6.39. The molecule has 2 atom stereocenters. The van der Waals surface area contributed by atoms with Crippen LogP contribution in [0.5, 0.6) is 0 Å². The summed E-state index contributed by atoms with van der Waals surface area (Å²) in [6, 6.07) is 1.23. The van der Waals surface area contributed by atoms with E-state index in [0.717, 1.165) is 38.8 Å². The predicted octanol–water partition coefficient (Wildman–Crippen LogP) is 2.12. The average Bonchev–Trinajstić information content (AvgIpc) is 2.29. The summed E-state index contributed by atoms with van der Waals surface area (Å²) < 4.78 is 5.44. The first-order valence-corrected chi connectivity index (χ1v) is 7.14. The summed E-state index contributed by atoms with van der Waals surface area (Å²) in [4.78, 5) is 2.52. The van der Waals surface area contributed by atoms with E-state index in [2.05, 4.69) is 37.9 Å². The molecule has 1 aliphatic rings. The van der Waals surface area contributed by atoms with Gasteiger partial charge in [0.05, 0.1) is 13.2 Å². The molecule has 102 valence electrons. The predicted molar refractivity (Wildman–Crippen MR) is 73.4 cm³/mol. The van der Waals surface area contributed by atoms with E-state index < -0.39 is 0 Å². The molecule has 0 bridgehead atoms. The van der Waals surface area contributed by atoms with Crippen LogP contribution in [0.4, 0.5) is 0 Å². The zero-order chi connectivity index (χ0) is 12.7. The van der Waals surface area contributed by atoms with Crippen molar-refractivity contribution >= 4 is 0 Å². The Morgan fingerprint density at radius 2 is 2.06 bits per heavy atom. The Morgan fingerprint density at radius 1 is 1.29 bits per heavy atom. The molecule has 0 aromatic rings. The van der Waals surface area contributed by atoms with Crippen molar-refractivity contribution in [2.45, 2.75) is 52.6 Å². The van der Waals surface area contributed by atoms with Crippen molar-refractivity contribution in [3.8, 4) is 0 Å². The van der Waals surface area contributed by atoms with Gasteiger partial charge >= 0.3 is 0 Å². The van der Waals surface area contributed by atoms with Crippen molar-refractivity contribution in [1.82, 2.24) is 10.2 Å². The number of hydrogen-bond acceptors (Lipinski definition) is 3. The van der Waals surface area contributed by atoms with Crippen molar-refractivity contribution in [2.24, 2.45) is 5.92 Å². The molecule has 0 spiro atoms. The van der Waals surface area contributed by atoms with Crippen LogP contribution >= 0.6 is 0 Å². The van der Waals surface area contributed by atoms with Crippen molar-refractivity contribution in [3.05, 3.63) is 0 Å². The van der Waals surface area contributed by atoms with Gasteiger partial charge in [0.15, 0.2) is 0 Å². The minimum Gasteiger partial charge on any atom is -0.379 e. The third-order valence-corrected chi connectivity index (χ3v) is 3.57. The topological polar surface area (TPSA) is 24.5 Å². The van der Waals surface area contributed by atoms with Gasteiger partial charge in [-0.15, -0.1) is 0 Å². The molecule has 17 heavy (non-hydrogen) atoms. The van der Waals surface area contributed by atoms with Crippen molar-refractivity contribution in [2.75, 3.05) is 32.8 Å². The van der Waals surface area contributed by atoms with Crippen LogP contribution in [0.15, 0.2) is 0 Å². The summed E-state index contributed by atoms with van der Waals surface area (Å²) >= 11 is 0. The van der Waals surface area contributed by atoms with Gasteiger partial charge in [-0.2, -0.15) is 0 Å². The van der Waals surface area contributed by atoms with Crippen molar-refractivity contribution < 1.29 is 4.74 Å². The van der Waals surface area contributed by atoms with Crippen LogP contribution in [-0.4, -0.2) is 49.8 Å². The standard InChI is InChI=1S/C14H30N2O/c1-12(2)5-6-13(3)15-7-8-16-9-10-17-11-14(16)4/h12-15H,5-11H2,1-4H3. The zero-order valence-corrected chi connectivity index (χ0v) is 12.0. The van der Waals surface area contributed by atoms with Gasteiger partial charge in [-0.1, -0.05) is 13.8 Å². The second kappa shape index (κ2) is 8.06. The largest absolute Gasteiger partial charge is 0.379 e.